The highest BCUT2D eigenvalue weighted by Crippen LogP contribution is 2.30. The van der Waals surface area contributed by atoms with E-state index in [1.807, 2.05) is 0 Å². The number of hydrogen-bond acceptors (Lipinski definition) is 3. The van der Waals surface area contributed by atoms with Crippen LogP contribution in [0.15, 0.2) is 18.2 Å². The van der Waals surface area contributed by atoms with Gasteiger partial charge in [0.2, 0.25) is 10.0 Å². The van der Waals surface area contributed by atoms with Crippen LogP contribution in [0, 0.1) is 0 Å². The van der Waals surface area contributed by atoms with Crippen LogP contribution in [0.2, 0.25) is 10.0 Å². The van der Waals surface area contributed by atoms with Crippen molar-refractivity contribution in [1.82, 2.24) is 4.72 Å². The van der Waals surface area contributed by atoms with Crippen molar-refractivity contribution in [3.05, 3.63) is 33.8 Å². The molecule has 7 heteroatoms. The summed E-state index contributed by atoms with van der Waals surface area (Å²) in [5.41, 5.74) is -0.357. The van der Waals surface area contributed by atoms with Crippen molar-refractivity contribution in [2.45, 2.75) is 30.6 Å². The third-order valence-electron chi connectivity index (χ3n) is 3.18. The molecule has 0 heterocycles. The second-order valence-electron chi connectivity index (χ2n) is 4.94. The molecule has 4 nitrogen and oxygen atoms in total. The van der Waals surface area contributed by atoms with Crippen LogP contribution in [0.4, 0.5) is 0 Å². The average molecular weight is 324 g/mol. The van der Waals surface area contributed by atoms with Crippen LogP contribution in [0.3, 0.4) is 0 Å². The van der Waals surface area contributed by atoms with Crippen LogP contribution in [0.25, 0.3) is 0 Å². The Hall–Kier alpha value is -0.330. The lowest BCUT2D eigenvalue weighted by atomic mass is 9.81. The molecule has 0 atom stereocenters. The quantitative estimate of drug-likeness (QED) is 0.873. The Bertz CT molecular complexity index is 550. The Kier molecular flexibility index (Phi) is 4.42. The first-order chi connectivity index (χ1) is 8.78. The predicted molar refractivity (Wildman–Crippen MR) is 75.9 cm³/mol. The SMILES string of the molecule is O=S(=O)(Cc1cc(Cl)cc(Cl)c1)NCC1(O)CCC1. The minimum Gasteiger partial charge on any atom is -0.389 e. The Morgan fingerprint density at radius 3 is 2.26 bits per heavy atom. The highest BCUT2D eigenvalue weighted by molar-refractivity contribution is 7.88. The maximum absolute atomic E-state index is 11.9. The Balaban J connectivity index is 2.00. The second kappa shape index (κ2) is 5.58. The van der Waals surface area contributed by atoms with E-state index in [0.717, 1.165) is 6.42 Å². The molecule has 1 aromatic rings. The first-order valence-electron chi connectivity index (χ1n) is 5.93. The zero-order chi connectivity index (χ0) is 14.1. The van der Waals surface area contributed by atoms with Gasteiger partial charge in [0.15, 0.2) is 0 Å². The Morgan fingerprint density at radius 1 is 1.21 bits per heavy atom. The van der Waals surface area contributed by atoms with E-state index in [1.165, 1.54) is 0 Å². The summed E-state index contributed by atoms with van der Waals surface area (Å²) < 4.78 is 26.2. The van der Waals surface area contributed by atoms with Gasteiger partial charge in [-0.2, -0.15) is 0 Å². The van der Waals surface area contributed by atoms with Gasteiger partial charge >= 0.3 is 0 Å². The molecule has 2 rings (SSSR count). The van der Waals surface area contributed by atoms with Gasteiger partial charge in [-0.15, -0.1) is 0 Å². The molecule has 1 fully saturated rings. The highest BCUT2D eigenvalue weighted by Gasteiger charge is 2.35. The van der Waals surface area contributed by atoms with E-state index in [-0.39, 0.29) is 12.3 Å². The topological polar surface area (TPSA) is 66.4 Å². The molecule has 0 aliphatic heterocycles. The van der Waals surface area contributed by atoms with Crippen LogP contribution in [-0.4, -0.2) is 25.7 Å². The fourth-order valence-corrected chi connectivity index (χ4v) is 3.74. The maximum atomic E-state index is 11.9. The molecule has 0 unspecified atom stereocenters. The zero-order valence-corrected chi connectivity index (χ0v) is 12.5. The number of rotatable bonds is 5. The van der Waals surface area contributed by atoms with Crippen molar-refractivity contribution >= 4 is 33.2 Å². The Morgan fingerprint density at radius 2 is 1.79 bits per heavy atom. The van der Waals surface area contributed by atoms with Crippen molar-refractivity contribution in [2.75, 3.05) is 6.54 Å². The molecule has 1 aliphatic rings. The van der Waals surface area contributed by atoms with E-state index in [2.05, 4.69) is 4.72 Å². The minimum absolute atomic E-state index is 0.0592. The zero-order valence-electron chi connectivity index (χ0n) is 10.2. The van der Waals surface area contributed by atoms with Crippen molar-refractivity contribution in [3.63, 3.8) is 0 Å². The van der Waals surface area contributed by atoms with Crippen LogP contribution < -0.4 is 4.72 Å². The lowest BCUT2D eigenvalue weighted by Crippen LogP contribution is -2.47. The summed E-state index contributed by atoms with van der Waals surface area (Å²) in [7, 11) is -3.50. The lowest BCUT2D eigenvalue weighted by molar-refractivity contribution is -0.0271. The van der Waals surface area contributed by atoms with Gasteiger partial charge < -0.3 is 5.11 Å². The summed E-state index contributed by atoms with van der Waals surface area (Å²) in [5.74, 6) is -0.205. The van der Waals surface area contributed by atoms with Crippen LogP contribution in [0.1, 0.15) is 24.8 Å². The highest BCUT2D eigenvalue weighted by atomic mass is 35.5. The maximum Gasteiger partial charge on any atom is 0.215 e. The standard InChI is InChI=1S/C12H15Cl2NO3S/c13-10-4-9(5-11(14)6-10)7-19(17,18)15-8-12(16)2-1-3-12/h4-6,15-16H,1-3,7-8H2. The summed E-state index contributed by atoms with van der Waals surface area (Å²) >= 11 is 11.6. The molecule has 2 N–H and O–H groups in total. The monoisotopic (exact) mass is 323 g/mol. The van der Waals surface area contributed by atoms with Gasteiger partial charge in [-0.1, -0.05) is 23.2 Å². The molecule has 106 valence electrons. The van der Waals surface area contributed by atoms with E-state index in [9.17, 15) is 13.5 Å². The van der Waals surface area contributed by atoms with E-state index in [0.29, 0.717) is 28.5 Å². The summed E-state index contributed by atoms with van der Waals surface area (Å²) in [6.45, 7) is 0.0592. The van der Waals surface area contributed by atoms with Gasteiger partial charge in [0.1, 0.15) is 0 Å². The number of benzene rings is 1. The third kappa shape index (κ3) is 4.33. The summed E-state index contributed by atoms with van der Waals surface area (Å²) in [6.07, 6.45) is 2.21. The van der Waals surface area contributed by atoms with Gasteiger partial charge in [-0.3, -0.25) is 0 Å². The van der Waals surface area contributed by atoms with Crippen molar-refractivity contribution in [2.24, 2.45) is 0 Å². The number of aliphatic hydroxyl groups is 1. The third-order valence-corrected chi connectivity index (χ3v) is 4.92. The number of hydrogen-bond donors (Lipinski definition) is 2. The van der Waals surface area contributed by atoms with Gasteiger partial charge in [-0.05, 0) is 43.0 Å². The van der Waals surface area contributed by atoms with Gasteiger partial charge in [0.25, 0.3) is 0 Å². The average Bonchev–Trinajstić information content (AvgIpc) is 2.21. The van der Waals surface area contributed by atoms with E-state index >= 15 is 0 Å². The molecular formula is C12H15Cl2NO3S. The van der Waals surface area contributed by atoms with Crippen molar-refractivity contribution < 1.29 is 13.5 Å². The molecule has 1 aromatic carbocycles. The van der Waals surface area contributed by atoms with Gasteiger partial charge in [-0.25, -0.2) is 13.1 Å². The molecule has 0 aromatic heterocycles. The molecule has 1 aliphatic carbocycles. The first-order valence-corrected chi connectivity index (χ1v) is 8.34. The van der Waals surface area contributed by atoms with E-state index in [1.54, 1.807) is 18.2 Å². The van der Waals surface area contributed by atoms with Crippen LogP contribution >= 0.6 is 23.2 Å². The summed E-state index contributed by atoms with van der Waals surface area (Å²) in [5, 5.41) is 10.7. The predicted octanol–water partition coefficient (Wildman–Crippen LogP) is 2.33. The van der Waals surface area contributed by atoms with Gasteiger partial charge in [0, 0.05) is 16.6 Å². The molecule has 0 bridgehead atoms. The minimum atomic E-state index is -3.50. The largest absolute Gasteiger partial charge is 0.389 e. The number of nitrogens with one attached hydrogen (secondary N) is 1. The number of halogens is 2. The van der Waals surface area contributed by atoms with Crippen LogP contribution in [-0.2, 0) is 15.8 Å². The molecule has 1 saturated carbocycles. The Labute approximate surface area is 122 Å². The summed E-state index contributed by atoms with van der Waals surface area (Å²) in [6, 6.07) is 4.67. The molecule has 19 heavy (non-hydrogen) atoms. The molecule has 0 spiro atoms. The first kappa shape index (κ1) is 15.1. The normalized spacial score (nSPS) is 18.1. The van der Waals surface area contributed by atoms with Gasteiger partial charge in [0.05, 0.1) is 11.4 Å². The van der Waals surface area contributed by atoms with E-state index < -0.39 is 15.6 Å². The molecular weight excluding hydrogens is 309 g/mol. The second-order valence-corrected chi connectivity index (χ2v) is 7.62. The molecule has 0 saturated heterocycles. The van der Waals surface area contributed by atoms with Crippen molar-refractivity contribution in [3.8, 4) is 0 Å². The van der Waals surface area contributed by atoms with Crippen molar-refractivity contribution in [1.29, 1.82) is 0 Å². The number of sulfonamides is 1. The lowest BCUT2D eigenvalue weighted by Gasteiger charge is -2.36. The smallest absolute Gasteiger partial charge is 0.215 e. The summed E-state index contributed by atoms with van der Waals surface area (Å²) in [4.78, 5) is 0. The van der Waals surface area contributed by atoms with E-state index in [4.69, 9.17) is 23.2 Å². The molecule has 0 amide bonds. The fraction of sp³-hybridized carbons (Fsp3) is 0.500. The van der Waals surface area contributed by atoms with Crippen LogP contribution in [0.5, 0.6) is 0 Å². The fourth-order valence-electron chi connectivity index (χ4n) is 1.97. The molecule has 0 radical (unpaired) electrons.